The lowest BCUT2D eigenvalue weighted by Gasteiger charge is -2.27. The number of allylic oxidation sites excluding steroid dienone is 9. The zero-order valence-electron chi connectivity index (χ0n) is 16.8. The molecule has 0 spiro atoms. The number of hydrogen-bond acceptors (Lipinski definition) is 2. The van der Waals surface area contributed by atoms with Gasteiger partial charge in [-0.3, -0.25) is 4.79 Å². The molecule has 0 saturated carbocycles. The van der Waals surface area contributed by atoms with Crippen LogP contribution in [0.25, 0.3) is 0 Å². The Hall–Kier alpha value is -1.87. The summed E-state index contributed by atoms with van der Waals surface area (Å²) in [5.41, 5.74) is -0.773. The minimum atomic E-state index is -0.773. The molecule has 0 aromatic heterocycles. The standard InChI is InChI=1S/C23H37NO2/c1-4-7-9-10-11-12-13-14-15-16-17-18-22(25)24-21-23(26,19-6-3)20-8-5-2/h4,7,9-14,17-18,26H,5-6,8,15-16,19-21H2,1-3H3,(H,24,25). The summed E-state index contributed by atoms with van der Waals surface area (Å²) in [7, 11) is 0. The van der Waals surface area contributed by atoms with E-state index in [-0.39, 0.29) is 5.91 Å². The van der Waals surface area contributed by atoms with Gasteiger partial charge >= 0.3 is 0 Å². The van der Waals surface area contributed by atoms with E-state index in [1.54, 1.807) is 6.08 Å². The summed E-state index contributed by atoms with van der Waals surface area (Å²) in [6, 6.07) is 0. The Labute approximate surface area is 160 Å². The molecule has 0 heterocycles. The largest absolute Gasteiger partial charge is 0.388 e. The molecule has 146 valence electrons. The quantitative estimate of drug-likeness (QED) is 0.248. The molecule has 26 heavy (non-hydrogen) atoms. The molecule has 1 unspecified atom stereocenters. The molecule has 0 bridgehead atoms. The van der Waals surface area contributed by atoms with Gasteiger partial charge in [0.15, 0.2) is 0 Å². The maximum absolute atomic E-state index is 11.9. The summed E-state index contributed by atoms with van der Waals surface area (Å²) in [5, 5.41) is 13.4. The van der Waals surface area contributed by atoms with Gasteiger partial charge in [-0.2, -0.15) is 0 Å². The van der Waals surface area contributed by atoms with E-state index < -0.39 is 5.60 Å². The van der Waals surface area contributed by atoms with Crippen molar-refractivity contribution in [2.75, 3.05) is 6.54 Å². The first kappa shape index (κ1) is 24.1. The van der Waals surface area contributed by atoms with Crippen molar-refractivity contribution in [1.29, 1.82) is 0 Å². The minimum Gasteiger partial charge on any atom is -0.388 e. The molecule has 1 atom stereocenters. The Bertz CT molecular complexity index is 500. The van der Waals surface area contributed by atoms with Crippen LogP contribution >= 0.6 is 0 Å². The Morgan fingerprint density at radius 2 is 1.58 bits per heavy atom. The number of aliphatic hydroxyl groups is 1. The monoisotopic (exact) mass is 359 g/mol. The third-order valence-electron chi connectivity index (χ3n) is 3.96. The highest BCUT2D eigenvalue weighted by Gasteiger charge is 2.25. The minimum absolute atomic E-state index is 0.131. The second-order valence-corrected chi connectivity index (χ2v) is 6.50. The van der Waals surface area contributed by atoms with E-state index in [0.29, 0.717) is 6.54 Å². The second-order valence-electron chi connectivity index (χ2n) is 6.50. The average molecular weight is 360 g/mol. The van der Waals surface area contributed by atoms with Crippen molar-refractivity contribution in [3.8, 4) is 0 Å². The highest BCUT2D eigenvalue weighted by atomic mass is 16.3. The van der Waals surface area contributed by atoms with Crippen molar-refractivity contribution < 1.29 is 9.90 Å². The number of amides is 1. The van der Waals surface area contributed by atoms with Crippen LogP contribution in [0, 0.1) is 0 Å². The molecule has 3 heteroatoms. The summed E-state index contributed by atoms with van der Waals surface area (Å²) in [4.78, 5) is 11.9. The summed E-state index contributed by atoms with van der Waals surface area (Å²) >= 11 is 0. The van der Waals surface area contributed by atoms with E-state index in [4.69, 9.17) is 0 Å². The summed E-state index contributed by atoms with van der Waals surface area (Å²) in [5.74, 6) is -0.131. The highest BCUT2D eigenvalue weighted by molar-refractivity contribution is 5.87. The number of hydrogen-bond donors (Lipinski definition) is 2. The van der Waals surface area contributed by atoms with Gasteiger partial charge in [-0.05, 0) is 38.7 Å². The molecule has 0 rings (SSSR count). The van der Waals surface area contributed by atoms with Gasteiger partial charge in [0.05, 0.1) is 5.60 Å². The van der Waals surface area contributed by atoms with Gasteiger partial charge in [-0.1, -0.05) is 87.8 Å². The first-order chi connectivity index (χ1) is 12.6. The molecule has 3 nitrogen and oxygen atoms in total. The van der Waals surface area contributed by atoms with E-state index in [9.17, 15) is 9.90 Å². The Morgan fingerprint density at radius 3 is 2.23 bits per heavy atom. The summed E-state index contributed by atoms with van der Waals surface area (Å²) in [6.45, 7) is 6.48. The Morgan fingerprint density at radius 1 is 0.923 bits per heavy atom. The molecule has 0 radical (unpaired) electrons. The molecule has 0 saturated heterocycles. The normalized spacial score (nSPS) is 15.1. The van der Waals surface area contributed by atoms with Crippen LogP contribution in [-0.4, -0.2) is 23.2 Å². The molecule has 1 amide bonds. The lowest BCUT2D eigenvalue weighted by Crippen LogP contribution is -2.42. The highest BCUT2D eigenvalue weighted by Crippen LogP contribution is 2.19. The summed E-state index contributed by atoms with van der Waals surface area (Å²) < 4.78 is 0. The van der Waals surface area contributed by atoms with Crippen molar-refractivity contribution in [2.24, 2.45) is 0 Å². The van der Waals surface area contributed by atoms with Crippen LogP contribution < -0.4 is 5.32 Å². The van der Waals surface area contributed by atoms with E-state index >= 15 is 0 Å². The predicted octanol–water partition coefficient (Wildman–Crippen LogP) is 5.41. The summed E-state index contributed by atoms with van der Waals surface area (Å²) in [6.07, 6.45) is 25.5. The fourth-order valence-electron chi connectivity index (χ4n) is 2.51. The topological polar surface area (TPSA) is 49.3 Å². The molecule has 0 aliphatic rings. The van der Waals surface area contributed by atoms with Crippen LogP contribution in [0.1, 0.15) is 65.7 Å². The Balaban J connectivity index is 4.04. The number of rotatable bonds is 14. The SMILES string of the molecule is CC=CC=CC=CC=CCCC=CC(=O)NCC(O)(CCC)CCCC. The predicted molar refractivity (Wildman–Crippen MR) is 113 cm³/mol. The van der Waals surface area contributed by atoms with Gasteiger partial charge in [-0.25, -0.2) is 0 Å². The van der Waals surface area contributed by atoms with Gasteiger partial charge in [0.1, 0.15) is 0 Å². The maximum atomic E-state index is 11.9. The van der Waals surface area contributed by atoms with Crippen LogP contribution in [-0.2, 0) is 4.79 Å². The van der Waals surface area contributed by atoms with E-state index in [1.807, 2.05) is 55.5 Å². The van der Waals surface area contributed by atoms with Crippen molar-refractivity contribution in [1.82, 2.24) is 5.32 Å². The molecule has 0 aliphatic carbocycles. The average Bonchev–Trinajstić information content (AvgIpc) is 2.63. The Kier molecular flexibility index (Phi) is 15.4. The first-order valence-electron chi connectivity index (χ1n) is 9.86. The van der Waals surface area contributed by atoms with Gasteiger partial charge in [-0.15, -0.1) is 0 Å². The zero-order chi connectivity index (χ0) is 19.5. The molecular weight excluding hydrogens is 322 g/mol. The van der Waals surface area contributed by atoms with Crippen molar-refractivity contribution in [2.45, 2.75) is 71.3 Å². The van der Waals surface area contributed by atoms with Crippen LogP contribution in [0.5, 0.6) is 0 Å². The zero-order valence-corrected chi connectivity index (χ0v) is 16.8. The molecule has 0 aliphatic heterocycles. The number of carbonyl (C=O) groups excluding carboxylic acids is 1. The number of unbranched alkanes of at least 4 members (excludes halogenated alkanes) is 2. The lowest BCUT2D eigenvalue weighted by molar-refractivity contribution is -0.118. The van der Waals surface area contributed by atoms with Crippen molar-refractivity contribution in [3.05, 3.63) is 60.8 Å². The third kappa shape index (κ3) is 14.5. The van der Waals surface area contributed by atoms with E-state index in [0.717, 1.165) is 44.9 Å². The van der Waals surface area contributed by atoms with Crippen LogP contribution in [0.2, 0.25) is 0 Å². The van der Waals surface area contributed by atoms with Crippen LogP contribution in [0.4, 0.5) is 0 Å². The first-order valence-corrected chi connectivity index (χ1v) is 9.86. The van der Waals surface area contributed by atoms with Gasteiger partial charge in [0.25, 0.3) is 0 Å². The van der Waals surface area contributed by atoms with Crippen molar-refractivity contribution >= 4 is 5.91 Å². The molecule has 0 aromatic rings. The van der Waals surface area contributed by atoms with E-state index in [2.05, 4.69) is 25.2 Å². The maximum Gasteiger partial charge on any atom is 0.243 e. The molecule has 0 fully saturated rings. The van der Waals surface area contributed by atoms with Crippen molar-refractivity contribution in [3.63, 3.8) is 0 Å². The van der Waals surface area contributed by atoms with Crippen LogP contribution in [0.15, 0.2) is 60.8 Å². The lowest BCUT2D eigenvalue weighted by atomic mass is 9.91. The molecular formula is C23H37NO2. The second kappa shape index (κ2) is 16.6. The van der Waals surface area contributed by atoms with Gasteiger partial charge in [0.2, 0.25) is 5.91 Å². The fraction of sp³-hybridized carbons (Fsp3) is 0.522. The number of nitrogens with one attached hydrogen (secondary N) is 1. The molecule has 2 N–H and O–H groups in total. The third-order valence-corrected chi connectivity index (χ3v) is 3.96. The van der Waals surface area contributed by atoms with Gasteiger partial charge < -0.3 is 10.4 Å². The number of carbonyl (C=O) groups is 1. The van der Waals surface area contributed by atoms with Crippen LogP contribution in [0.3, 0.4) is 0 Å². The van der Waals surface area contributed by atoms with Gasteiger partial charge in [0, 0.05) is 6.54 Å². The van der Waals surface area contributed by atoms with E-state index in [1.165, 1.54) is 0 Å². The smallest absolute Gasteiger partial charge is 0.243 e. The fourth-order valence-corrected chi connectivity index (χ4v) is 2.51. The molecule has 0 aromatic carbocycles.